The van der Waals surface area contributed by atoms with Crippen LogP contribution in [0, 0.1) is 19.8 Å². The molecule has 0 unspecified atom stereocenters. The van der Waals surface area contributed by atoms with Crippen LogP contribution in [0.4, 0.5) is 5.69 Å². The monoisotopic (exact) mass is 411 g/mol. The Morgan fingerprint density at radius 3 is 2.55 bits per heavy atom. The van der Waals surface area contributed by atoms with Crippen LogP contribution in [0.2, 0.25) is 5.02 Å². The van der Waals surface area contributed by atoms with E-state index in [2.05, 4.69) is 59.3 Å². The first-order valence-electron chi connectivity index (χ1n) is 10.6. The summed E-state index contributed by atoms with van der Waals surface area (Å²) in [5, 5.41) is 4.21. The zero-order valence-corrected chi connectivity index (χ0v) is 18.1. The third-order valence-corrected chi connectivity index (χ3v) is 6.73. The fourth-order valence-corrected chi connectivity index (χ4v) is 4.98. The van der Waals surface area contributed by atoms with Crippen LogP contribution >= 0.6 is 11.6 Å². The number of anilines is 1. The summed E-state index contributed by atoms with van der Waals surface area (Å²) in [6, 6.07) is 14.6. The molecular weight excluding hydrogens is 382 g/mol. The molecule has 154 valence electrons. The van der Waals surface area contributed by atoms with E-state index in [1.54, 1.807) is 0 Å². The Morgan fingerprint density at radius 1 is 1.03 bits per heavy atom. The van der Waals surface area contributed by atoms with E-state index in [1.165, 1.54) is 22.4 Å². The number of nitrogens with one attached hydrogen (secondary N) is 1. The van der Waals surface area contributed by atoms with Crippen LogP contribution in [-0.2, 0) is 4.79 Å². The Labute approximate surface area is 178 Å². The lowest BCUT2D eigenvalue weighted by Crippen LogP contribution is -2.53. The second kappa shape index (κ2) is 8.76. The number of piperidine rings is 1. The van der Waals surface area contributed by atoms with Crippen LogP contribution in [-0.4, -0.2) is 50.1 Å². The average molecular weight is 412 g/mol. The molecule has 2 aromatic rings. The zero-order chi connectivity index (χ0) is 20.4. The first-order valence-corrected chi connectivity index (χ1v) is 11.0. The molecular formula is C24H30ClN3O. The maximum atomic E-state index is 13.5. The Hall–Kier alpha value is -2.04. The molecule has 0 saturated carbocycles. The molecule has 0 aromatic heterocycles. The van der Waals surface area contributed by atoms with Crippen molar-refractivity contribution in [1.29, 1.82) is 0 Å². The van der Waals surface area contributed by atoms with Gasteiger partial charge in [0.05, 0.1) is 5.92 Å². The molecule has 2 atom stereocenters. The number of carbonyl (C=O) groups excluding carboxylic acids is 1. The third kappa shape index (κ3) is 4.29. The minimum atomic E-state index is 0.0179. The Morgan fingerprint density at radius 2 is 1.79 bits per heavy atom. The summed E-state index contributed by atoms with van der Waals surface area (Å²) in [6.07, 6.45) is 1.02. The van der Waals surface area contributed by atoms with Gasteiger partial charge in [0.15, 0.2) is 0 Å². The molecule has 2 heterocycles. The fourth-order valence-electron chi connectivity index (χ4n) is 4.82. The van der Waals surface area contributed by atoms with Crippen molar-refractivity contribution in [2.45, 2.75) is 26.2 Å². The Bertz CT molecular complexity index is 876. The van der Waals surface area contributed by atoms with E-state index in [0.29, 0.717) is 11.8 Å². The summed E-state index contributed by atoms with van der Waals surface area (Å²) in [5.41, 5.74) is 5.03. The minimum absolute atomic E-state index is 0.0179. The Balaban J connectivity index is 1.46. The Kier molecular flexibility index (Phi) is 6.12. The van der Waals surface area contributed by atoms with Gasteiger partial charge in [0, 0.05) is 43.4 Å². The van der Waals surface area contributed by atoms with Gasteiger partial charge in [0.1, 0.15) is 0 Å². The third-order valence-electron chi connectivity index (χ3n) is 6.49. The molecule has 2 aliphatic rings. The van der Waals surface area contributed by atoms with Crippen LogP contribution in [0.15, 0.2) is 42.5 Å². The lowest BCUT2D eigenvalue weighted by Gasteiger charge is -2.41. The lowest BCUT2D eigenvalue weighted by atomic mass is 9.78. The number of aryl methyl sites for hydroxylation is 2. The standard InChI is InChI=1S/C24H30ClN3O/c1-17-5-3-4-6-20(17)21-9-10-26-16-22(21)24(29)28-13-11-27(12-14-28)23-15-19(25)8-7-18(23)2/h3-8,15,21-22,26H,9-14,16H2,1-2H3/t21-,22-/m1/s1. The molecule has 2 saturated heterocycles. The van der Waals surface area contributed by atoms with Crippen molar-refractivity contribution in [3.05, 3.63) is 64.2 Å². The van der Waals surface area contributed by atoms with Gasteiger partial charge in [-0.3, -0.25) is 4.79 Å². The fraction of sp³-hybridized carbons (Fsp3) is 0.458. The van der Waals surface area contributed by atoms with Crippen LogP contribution in [0.3, 0.4) is 0 Å². The quantitative estimate of drug-likeness (QED) is 0.829. The molecule has 0 radical (unpaired) electrons. The first kappa shape index (κ1) is 20.2. The number of nitrogens with zero attached hydrogens (tertiary/aromatic N) is 2. The predicted molar refractivity (Wildman–Crippen MR) is 120 cm³/mol. The molecule has 2 fully saturated rings. The van der Waals surface area contributed by atoms with Gasteiger partial charge in [-0.1, -0.05) is 41.9 Å². The van der Waals surface area contributed by atoms with Crippen LogP contribution in [0.5, 0.6) is 0 Å². The maximum Gasteiger partial charge on any atom is 0.227 e. The number of halogens is 1. The van der Waals surface area contributed by atoms with Gasteiger partial charge in [0.25, 0.3) is 0 Å². The van der Waals surface area contributed by atoms with Crippen molar-refractivity contribution >= 4 is 23.2 Å². The topological polar surface area (TPSA) is 35.6 Å². The van der Waals surface area contributed by atoms with E-state index >= 15 is 0 Å². The zero-order valence-electron chi connectivity index (χ0n) is 17.3. The van der Waals surface area contributed by atoms with Crippen LogP contribution in [0.1, 0.15) is 29.0 Å². The van der Waals surface area contributed by atoms with E-state index in [-0.39, 0.29) is 5.92 Å². The molecule has 29 heavy (non-hydrogen) atoms. The van der Waals surface area contributed by atoms with Crippen molar-refractivity contribution in [2.24, 2.45) is 5.92 Å². The smallest absolute Gasteiger partial charge is 0.227 e. The highest BCUT2D eigenvalue weighted by molar-refractivity contribution is 6.30. The first-order chi connectivity index (χ1) is 14.0. The minimum Gasteiger partial charge on any atom is -0.368 e. The van der Waals surface area contributed by atoms with Crippen molar-refractivity contribution in [3.63, 3.8) is 0 Å². The van der Waals surface area contributed by atoms with E-state index in [9.17, 15) is 4.79 Å². The molecule has 4 nitrogen and oxygen atoms in total. The van der Waals surface area contributed by atoms with Crippen molar-refractivity contribution in [3.8, 4) is 0 Å². The molecule has 0 bridgehead atoms. The van der Waals surface area contributed by atoms with Gasteiger partial charge in [0.2, 0.25) is 5.91 Å². The van der Waals surface area contributed by atoms with Gasteiger partial charge < -0.3 is 15.1 Å². The van der Waals surface area contributed by atoms with E-state index in [1.807, 2.05) is 12.1 Å². The number of carbonyl (C=O) groups is 1. The summed E-state index contributed by atoms with van der Waals surface area (Å²) < 4.78 is 0. The molecule has 5 heteroatoms. The molecule has 1 N–H and O–H groups in total. The van der Waals surface area contributed by atoms with Crippen molar-refractivity contribution in [1.82, 2.24) is 10.2 Å². The molecule has 0 spiro atoms. The molecule has 0 aliphatic carbocycles. The summed E-state index contributed by atoms with van der Waals surface area (Å²) in [7, 11) is 0. The maximum absolute atomic E-state index is 13.5. The number of rotatable bonds is 3. The highest BCUT2D eigenvalue weighted by Crippen LogP contribution is 2.34. The summed E-state index contributed by atoms with van der Waals surface area (Å²) in [5.74, 6) is 0.621. The number of benzene rings is 2. The van der Waals surface area contributed by atoms with Crippen LogP contribution < -0.4 is 10.2 Å². The van der Waals surface area contributed by atoms with Gasteiger partial charge in [-0.05, 0) is 61.6 Å². The van der Waals surface area contributed by atoms with Crippen LogP contribution in [0.25, 0.3) is 0 Å². The largest absolute Gasteiger partial charge is 0.368 e. The summed E-state index contributed by atoms with van der Waals surface area (Å²) in [4.78, 5) is 17.9. The number of hydrogen-bond acceptors (Lipinski definition) is 3. The highest BCUT2D eigenvalue weighted by Gasteiger charge is 2.36. The molecule has 2 aromatic carbocycles. The SMILES string of the molecule is Cc1ccccc1[C@H]1CCNC[C@H]1C(=O)N1CCN(c2cc(Cl)ccc2C)CC1. The van der Waals surface area contributed by atoms with Crippen molar-refractivity contribution in [2.75, 3.05) is 44.2 Å². The van der Waals surface area contributed by atoms with Gasteiger partial charge in [-0.15, -0.1) is 0 Å². The van der Waals surface area contributed by atoms with Gasteiger partial charge in [-0.2, -0.15) is 0 Å². The van der Waals surface area contributed by atoms with E-state index in [4.69, 9.17) is 11.6 Å². The van der Waals surface area contributed by atoms with Crippen molar-refractivity contribution < 1.29 is 4.79 Å². The second-order valence-electron chi connectivity index (χ2n) is 8.31. The number of hydrogen-bond donors (Lipinski definition) is 1. The highest BCUT2D eigenvalue weighted by atomic mass is 35.5. The normalized spacial score (nSPS) is 22.6. The van der Waals surface area contributed by atoms with Gasteiger partial charge >= 0.3 is 0 Å². The van der Waals surface area contributed by atoms with E-state index < -0.39 is 0 Å². The number of amides is 1. The molecule has 1 amide bonds. The molecule has 4 rings (SSSR count). The average Bonchev–Trinajstić information content (AvgIpc) is 2.75. The predicted octanol–water partition coefficient (Wildman–Crippen LogP) is 4.00. The summed E-state index contributed by atoms with van der Waals surface area (Å²) >= 11 is 6.21. The second-order valence-corrected chi connectivity index (χ2v) is 8.74. The van der Waals surface area contributed by atoms with Gasteiger partial charge in [-0.25, -0.2) is 0 Å². The molecule has 2 aliphatic heterocycles. The summed E-state index contributed by atoms with van der Waals surface area (Å²) in [6.45, 7) is 9.25. The van der Waals surface area contributed by atoms with E-state index in [0.717, 1.165) is 50.7 Å². The number of piperazine rings is 1. The lowest BCUT2D eigenvalue weighted by molar-refractivity contribution is -0.137.